The summed E-state index contributed by atoms with van der Waals surface area (Å²) in [5.41, 5.74) is 0.924. The minimum absolute atomic E-state index is 0.280. The number of carbonyl (C=O) groups excluding carboxylic acids is 1. The first kappa shape index (κ1) is 8.46. The summed E-state index contributed by atoms with van der Waals surface area (Å²) < 4.78 is 4.80. The molecular formula is C9H10NO2+. The van der Waals surface area contributed by atoms with Gasteiger partial charge in [-0.3, -0.25) is 0 Å². The minimum atomic E-state index is -0.404. The highest BCUT2D eigenvalue weighted by Crippen LogP contribution is 1.96. The van der Waals surface area contributed by atoms with Crippen molar-refractivity contribution in [3.8, 4) is 0 Å². The van der Waals surface area contributed by atoms with Crippen LogP contribution in [0.15, 0.2) is 37.2 Å². The van der Waals surface area contributed by atoms with E-state index in [4.69, 9.17) is 4.74 Å². The van der Waals surface area contributed by atoms with E-state index in [0.29, 0.717) is 0 Å². The molecule has 1 rings (SSSR count). The van der Waals surface area contributed by atoms with Gasteiger partial charge in [-0.05, 0) is 6.07 Å². The lowest BCUT2D eigenvalue weighted by Gasteiger charge is -1.97. The monoisotopic (exact) mass is 164 g/mol. The molecule has 12 heavy (non-hydrogen) atoms. The molecule has 0 unspecified atom stereocenters. The summed E-state index contributed by atoms with van der Waals surface area (Å²) in [6.45, 7) is 3.57. The van der Waals surface area contributed by atoms with Crippen molar-refractivity contribution in [1.82, 2.24) is 0 Å². The van der Waals surface area contributed by atoms with E-state index in [0.717, 1.165) is 11.6 Å². The summed E-state index contributed by atoms with van der Waals surface area (Å²) in [6, 6.07) is 3.71. The third-order valence-corrected chi connectivity index (χ3v) is 1.32. The van der Waals surface area contributed by atoms with Crippen molar-refractivity contribution >= 4 is 5.97 Å². The summed E-state index contributed by atoms with van der Waals surface area (Å²) in [6.07, 6.45) is 4.71. The van der Waals surface area contributed by atoms with Crippen molar-refractivity contribution in [2.45, 2.75) is 6.61 Å². The molecule has 0 fully saturated rings. The van der Waals surface area contributed by atoms with E-state index in [-0.39, 0.29) is 6.61 Å². The predicted molar refractivity (Wildman–Crippen MR) is 43.0 cm³/mol. The molecule has 0 radical (unpaired) electrons. The molecule has 0 aliphatic heterocycles. The van der Waals surface area contributed by atoms with Crippen LogP contribution in [0.1, 0.15) is 5.56 Å². The second kappa shape index (κ2) is 4.28. The maximum Gasteiger partial charge on any atom is 0.330 e. The number of ether oxygens (including phenoxy) is 1. The molecule has 62 valence electrons. The van der Waals surface area contributed by atoms with Crippen LogP contribution < -0.4 is 4.98 Å². The van der Waals surface area contributed by atoms with Crippen molar-refractivity contribution in [3.63, 3.8) is 0 Å². The Hall–Kier alpha value is -1.64. The fourth-order valence-electron chi connectivity index (χ4n) is 0.734. The summed E-state index contributed by atoms with van der Waals surface area (Å²) >= 11 is 0. The third-order valence-electron chi connectivity index (χ3n) is 1.32. The molecule has 3 heteroatoms. The second-order valence-electron chi connectivity index (χ2n) is 2.22. The van der Waals surface area contributed by atoms with Crippen molar-refractivity contribution in [1.29, 1.82) is 0 Å². The number of nitrogens with one attached hydrogen (secondary N) is 1. The molecule has 1 heterocycles. The summed E-state index contributed by atoms with van der Waals surface area (Å²) in [5, 5.41) is 0. The predicted octanol–water partition coefficient (Wildman–Crippen LogP) is 0.730. The van der Waals surface area contributed by atoms with Crippen LogP contribution in [0.2, 0.25) is 0 Å². The molecule has 0 amide bonds. The van der Waals surface area contributed by atoms with Gasteiger partial charge in [0.25, 0.3) is 0 Å². The van der Waals surface area contributed by atoms with E-state index in [2.05, 4.69) is 11.6 Å². The average molecular weight is 164 g/mol. The molecule has 0 saturated carbocycles. The molecule has 1 aromatic heterocycles. The number of hydrogen-bond donors (Lipinski definition) is 0. The van der Waals surface area contributed by atoms with Gasteiger partial charge < -0.3 is 4.74 Å². The molecule has 0 bridgehead atoms. The number of H-pyrrole nitrogens is 1. The van der Waals surface area contributed by atoms with Crippen LogP contribution in [0, 0.1) is 0 Å². The molecule has 0 aromatic carbocycles. The third kappa shape index (κ3) is 2.54. The fraction of sp³-hybridized carbons (Fsp3) is 0.111. The highest BCUT2D eigenvalue weighted by Gasteiger charge is 1.98. The number of aromatic amines is 1. The molecule has 0 aliphatic rings. The largest absolute Gasteiger partial charge is 0.457 e. The number of hydrogen-bond acceptors (Lipinski definition) is 2. The normalized spacial score (nSPS) is 9.00. The Balaban J connectivity index is 2.43. The summed E-state index contributed by atoms with van der Waals surface area (Å²) in [7, 11) is 0. The zero-order valence-corrected chi connectivity index (χ0v) is 6.62. The van der Waals surface area contributed by atoms with Gasteiger partial charge in [-0.15, -0.1) is 0 Å². The lowest BCUT2D eigenvalue weighted by molar-refractivity contribution is -0.379. The van der Waals surface area contributed by atoms with E-state index < -0.39 is 5.97 Å². The smallest absolute Gasteiger partial charge is 0.330 e. The minimum Gasteiger partial charge on any atom is -0.457 e. The van der Waals surface area contributed by atoms with Crippen LogP contribution in [-0.2, 0) is 16.1 Å². The number of aromatic nitrogens is 1. The highest BCUT2D eigenvalue weighted by atomic mass is 16.5. The lowest BCUT2D eigenvalue weighted by atomic mass is 10.3. The first-order valence-corrected chi connectivity index (χ1v) is 3.57. The van der Waals surface area contributed by atoms with Gasteiger partial charge in [0.2, 0.25) is 0 Å². The number of pyridine rings is 1. The van der Waals surface area contributed by atoms with Crippen LogP contribution >= 0.6 is 0 Å². The molecule has 0 saturated heterocycles. The average Bonchev–Trinajstić information content (AvgIpc) is 2.16. The van der Waals surface area contributed by atoms with Gasteiger partial charge in [-0.25, -0.2) is 9.78 Å². The van der Waals surface area contributed by atoms with Crippen molar-refractivity contribution < 1.29 is 14.5 Å². The molecule has 0 atom stereocenters. The molecule has 1 N–H and O–H groups in total. The summed E-state index contributed by atoms with van der Waals surface area (Å²) in [4.78, 5) is 13.5. The Morgan fingerprint density at radius 1 is 1.75 bits per heavy atom. The SMILES string of the molecule is C=CC(=O)OCc1ccc[nH+]c1. The van der Waals surface area contributed by atoms with E-state index in [1.165, 1.54) is 0 Å². The van der Waals surface area contributed by atoms with Crippen LogP contribution in [-0.4, -0.2) is 5.97 Å². The maximum absolute atomic E-state index is 10.6. The van der Waals surface area contributed by atoms with Gasteiger partial charge in [0.1, 0.15) is 6.61 Å². The van der Waals surface area contributed by atoms with Crippen molar-refractivity contribution in [2.24, 2.45) is 0 Å². The standard InChI is InChI=1S/C9H9NO2/c1-2-9(11)12-7-8-4-3-5-10-6-8/h2-6H,1,7H2/p+1. The Kier molecular flexibility index (Phi) is 3.02. The lowest BCUT2D eigenvalue weighted by Crippen LogP contribution is -2.05. The van der Waals surface area contributed by atoms with Crippen molar-refractivity contribution in [2.75, 3.05) is 0 Å². The second-order valence-corrected chi connectivity index (χ2v) is 2.22. The Labute approximate surface area is 70.7 Å². The van der Waals surface area contributed by atoms with Crippen LogP contribution in [0.5, 0.6) is 0 Å². The van der Waals surface area contributed by atoms with E-state index in [1.807, 2.05) is 12.1 Å². The quantitative estimate of drug-likeness (QED) is 0.488. The number of esters is 1. The first-order valence-electron chi connectivity index (χ1n) is 3.57. The van der Waals surface area contributed by atoms with Crippen LogP contribution in [0.4, 0.5) is 0 Å². The van der Waals surface area contributed by atoms with Gasteiger partial charge in [-0.1, -0.05) is 6.58 Å². The first-order chi connectivity index (χ1) is 5.83. The zero-order valence-electron chi connectivity index (χ0n) is 6.62. The Morgan fingerprint density at radius 3 is 3.17 bits per heavy atom. The highest BCUT2D eigenvalue weighted by molar-refractivity contribution is 5.81. The topological polar surface area (TPSA) is 40.4 Å². The van der Waals surface area contributed by atoms with Gasteiger partial charge in [0.15, 0.2) is 12.4 Å². The summed E-state index contributed by atoms with van der Waals surface area (Å²) in [5.74, 6) is -0.404. The van der Waals surface area contributed by atoms with Crippen LogP contribution in [0.25, 0.3) is 0 Å². The Morgan fingerprint density at radius 2 is 2.58 bits per heavy atom. The van der Waals surface area contributed by atoms with Gasteiger partial charge >= 0.3 is 5.97 Å². The van der Waals surface area contributed by atoms with E-state index in [9.17, 15) is 4.79 Å². The van der Waals surface area contributed by atoms with Gasteiger partial charge in [0.05, 0.1) is 5.56 Å². The maximum atomic E-state index is 10.6. The fourth-order valence-corrected chi connectivity index (χ4v) is 0.734. The van der Waals surface area contributed by atoms with E-state index >= 15 is 0 Å². The molecule has 3 nitrogen and oxygen atoms in total. The number of rotatable bonds is 3. The molecule has 0 aliphatic carbocycles. The van der Waals surface area contributed by atoms with Gasteiger partial charge in [-0.2, -0.15) is 0 Å². The number of carbonyl (C=O) groups is 1. The zero-order chi connectivity index (χ0) is 8.81. The van der Waals surface area contributed by atoms with E-state index in [1.54, 1.807) is 12.4 Å². The van der Waals surface area contributed by atoms with Crippen LogP contribution in [0.3, 0.4) is 0 Å². The molecular weight excluding hydrogens is 154 g/mol. The Bertz CT molecular complexity index is 269. The molecule has 1 aromatic rings. The molecule has 0 spiro atoms. The van der Waals surface area contributed by atoms with Gasteiger partial charge in [0, 0.05) is 12.1 Å². The van der Waals surface area contributed by atoms with Crippen molar-refractivity contribution in [3.05, 3.63) is 42.7 Å².